The maximum absolute atomic E-state index is 10.2. The van der Waals surface area contributed by atoms with Crippen molar-refractivity contribution in [2.24, 2.45) is 10.7 Å². The molecule has 0 radical (unpaired) electrons. The van der Waals surface area contributed by atoms with E-state index in [1.54, 1.807) is 19.9 Å². The van der Waals surface area contributed by atoms with E-state index in [2.05, 4.69) is 4.99 Å². The molecule has 3 N–H and O–H groups in total. The molecule has 1 aliphatic heterocycles. The Morgan fingerprint density at radius 1 is 1.77 bits per heavy atom. The van der Waals surface area contributed by atoms with Gasteiger partial charge in [-0.1, -0.05) is 0 Å². The van der Waals surface area contributed by atoms with Gasteiger partial charge in [0.25, 0.3) is 0 Å². The topological polar surface area (TPSA) is 84.9 Å². The molecule has 0 saturated heterocycles. The Hall–Kier alpha value is -1.52. The van der Waals surface area contributed by atoms with E-state index in [9.17, 15) is 4.79 Å². The van der Waals surface area contributed by atoms with Crippen molar-refractivity contribution in [1.82, 2.24) is 0 Å². The molecule has 0 atom stereocenters. The van der Waals surface area contributed by atoms with Crippen molar-refractivity contribution in [2.75, 3.05) is 6.54 Å². The molecule has 1 aliphatic rings. The molecule has 0 amide bonds. The van der Waals surface area contributed by atoms with Crippen LogP contribution >= 0.6 is 0 Å². The SMILES string of the molecule is CC1(C)OC(N)=CC1=NCC(=O)O. The number of carbonyl (C=O) groups is 1. The minimum absolute atomic E-state index is 0.258. The summed E-state index contributed by atoms with van der Waals surface area (Å²) in [5.74, 6) is -0.698. The van der Waals surface area contributed by atoms with Crippen molar-refractivity contribution in [3.8, 4) is 0 Å². The predicted molar refractivity (Wildman–Crippen MR) is 47.4 cm³/mol. The van der Waals surface area contributed by atoms with Crippen LogP contribution in [0, 0.1) is 0 Å². The molecule has 0 aromatic heterocycles. The van der Waals surface area contributed by atoms with Crippen molar-refractivity contribution in [3.05, 3.63) is 12.0 Å². The fourth-order valence-corrected chi connectivity index (χ4v) is 1.07. The first-order chi connectivity index (χ1) is 5.92. The van der Waals surface area contributed by atoms with Crippen LogP contribution in [0.4, 0.5) is 0 Å². The monoisotopic (exact) mass is 184 g/mol. The molecule has 0 spiro atoms. The second-order valence-corrected chi connectivity index (χ2v) is 3.25. The van der Waals surface area contributed by atoms with Crippen LogP contribution in [0.15, 0.2) is 17.0 Å². The average Bonchev–Trinajstić information content (AvgIpc) is 2.19. The highest BCUT2D eigenvalue weighted by Crippen LogP contribution is 2.22. The second-order valence-electron chi connectivity index (χ2n) is 3.25. The summed E-state index contributed by atoms with van der Waals surface area (Å²) in [6.45, 7) is 3.31. The summed E-state index contributed by atoms with van der Waals surface area (Å²) >= 11 is 0. The van der Waals surface area contributed by atoms with E-state index in [1.165, 1.54) is 0 Å². The first-order valence-electron chi connectivity index (χ1n) is 3.85. The van der Waals surface area contributed by atoms with Crippen LogP contribution in [-0.2, 0) is 9.53 Å². The third-order valence-corrected chi connectivity index (χ3v) is 1.65. The van der Waals surface area contributed by atoms with Gasteiger partial charge in [-0.25, -0.2) is 0 Å². The number of aliphatic imine (C=N–C) groups is 1. The molecule has 1 heterocycles. The van der Waals surface area contributed by atoms with Gasteiger partial charge < -0.3 is 15.6 Å². The smallest absolute Gasteiger partial charge is 0.325 e. The van der Waals surface area contributed by atoms with Crippen LogP contribution in [0.25, 0.3) is 0 Å². The van der Waals surface area contributed by atoms with Crippen molar-refractivity contribution in [2.45, 2.75) is 19.4 Å². The maximum atomic E-state index is 10.2. The van der Waals surface area contributed by atoms with E-state index in [1.807, 2.05) is 0 Å². The molecule has 72 valence electrons. The van der Waals surface area contributed by atoms with Crippen LogP contribution in [-0.4, -0.2) is 28.9 Å². The minimum Gasteiger partial charge on any atom is -0.480 e. The molecule has 0 aliphatic carbocycles. The van der Waals surface area contributed by atoms with E-state index in [4.69, 9.17) is 15.6 Å². The van der Waals surface area contributed by atoms with Gasteiger partial charge >= 0.3 is 5.97 Å². The Morgan fingerprint density at radius 3 is 2.77 bits per heavy atom. The van der Waals surface area contributed by atoms with Crippen LogP contribution in [0.2, 0.25) is 0 Å². The zero-order valence-corrected chi connectivity index (χ0v) is 7.57. The molecule has 0 saturated carbocycles. The lowest BCUT2D eigenvalue weighted by Crippen LogP contribution is -2.29. The van der Waals surface area contributed by atoms with Crippen LogP contribution in [0.1, 0.15) is 13.8 Å². The van der Waals surface area contributed by atoms with Crippen molar-refractivity contribution < 1.29 is 14.6 Å². The van der Waals surface area contributed by atoms with Gasteiger partial charge in [0.05, 0.1) is 5.71 Å². The van der Waals surface area contributed by atoms with Gasteiger partial charge in [-0.15, -0.1) is 0 Å². The highest BCUT2D eigenvalue weighted by molar-refractivity contribution is 6.03. The average molecular weight is 184 g/mol. The first-order valence-corrected chi connectivity index (χ1v) is 3.85. The summed E-state index contributed by atoms with van der Waals surface area (Å²) in [4.78, 5) is 14.1. The quantitative estimate of drug-likeness (QED) is 0.638. The van der Waals surface area contributed by atoms with Crippen molar-refractivity contribution in [3.63, 3.8) is 0 Å². The summed E-state index contributed by atoms with van der Waals surface area (Å²) < 4.78 is 5.21. The number of hydrogen-bond acceptors (Lipinski definition) is 4. The van der Waals surface area contributed by atoms with E-state index in [0.29, 0.717) is 5.71 Å². The summed E-state index contributed by atoms with van der Waals surface area (Å²) in [7, 11) is 0. The van der Waals surface area contributed by atoms with Gasteiger partial charge in [0.2, 0.25) is 0 Å². The van der Waals surface area contributed by atoms with E-state index >= 15 is 0 Å². The lowest BCUT2D eigenvalue weighted by Gasteiger charge is -2.19. The zero-order valence-electron chi connectivity index (χ0n) is 7.57. The number of nitrogens with zero attached hydrogens (tertiary/aromatic N) is 1. The minimum atomic E-state index is -0.970. The van der Waals surface area contributed by atoms with Crippen LogP contribution in [0.3, 0.4) is 0 Å². The van der Waals surface area contributed by atoms with Crippen molar-refractivity contribution in [1.29, 1.82) is 0 Å². The molecule has 0 aromatic rings. The van der Waals surface area contributed by atoms with E-state index < -0.39 is 11.6 Å². The fourth-order valence-electron chi connectivity index (χ4n) is 1.07. The molecule has 5 nitrogen and oxygen atoms in total. The third kappa shape index (κ3) is 2.21. The molecular formula is C8H12N2O3. The summed E-state index contributed by atoms with van der Waals surface area (Å²) in [5.41, 5.74) is 5.37. The molecule has 5 heteroatoms. The fraction of sp³-hybridized carbons (Fsp3) is 0.500. The lowest BCUT2D eigenvalue weighted by molar-refractivity contribution is -0.135. The third-order valence-electron chi connectivity index (χ3n) is 1.65. The van der Waals surface area contributed by atoms with Gasteiger partial charge in [-0.2, -0.15) is 0 Å². The Kier molecular flexibility index (Phi) is 2.27. The number of ether oxygens (including phenoxy) is 1. The number of hydrogen-bond donors (Lipinski definition) is 2. The van der Waals surface area contributed by atoms with Gasteiger partial charge in [0, 0.05) is 6.08 Å². The number of aliphatic carboxylic acids is 1. The van der Waals surface area contributed by atoms with Gasteiger partial charge in [-0.05, 0) is 13.8 Å². The molecule has 13 heavy (non-hydrogen) atoms. The Labute approximate surface area is 75.9 Å². The highest BCUT2D eigenvalue weighted by Gasteiger charge is 2.31. The van der Waals surface area contributed by atoms with E-state index in [-0.39, 0.29) is 12.4 Å². The molecular weight excluding hydrogens is 172 g/mol. The lowest BCUT2D eigenvalue weighted by atomic mass is 10.0. The summed E-state index contributed by atoms with van der Waals surface area (Å²) in [6.07, 6.45) is 1.54. The number of carboxylic acid groups (broad SMARTS) is 1. The normalized spacial score (nSPS) is 22.6. The Morgan fingerprint density at radius 2 is 2.38 bits per heavy atom. The predicted octanol–water partition coefficient (Wildman–Crippen LogP) is 0.121. The molecule has 0 fully saturated rings. The van der Waals surface area contributed by atoms with Crippen LogP contribution in [0.5, 0.6) is 0 Å². The second kappa shape index (κ2) is 3.08. The summed E-state index contributed by atoms with van der Waals surface area (Å²) in [5, 5.41) is 8.41. The van der Waals surface area contributed by atoms with Crippen LogP contribution < -0.4 is 5.73 Å². The van der Waals surface area contributed by atoms with Gasteiger partial charge in [0.15, 0.2) is 5.88 Å². The zero-order chi connectivity index (χ0) is 10.1. The van der Waals surface area contributed by atoms with Crippen molar-refractivity contribution >= 4 is 11.7 Å². The molecule has 0 aromatic carbocycles. The summed E-state index contributed by atoms with van der Waals surface area (Å²) in [6, 6.07) is 0. The molecule has 0 unspecified atom stereocenters. The standard InChI is InChI=1S/C8H12N2O3/c1-8(2)5(3-6(9)13-8)10-4-7(11)12/h3H,4,9H2,1-2H3,(H,11,12). The Bertz CT molecular complexity index is 292. The highest BCUT2D eigenvalue weighted by atomic mass is 16.5. The van der Waals surface area contributed by atoms with E-state index in [0.717, 1.165) is 0 Å². The van der Waals surface area contributed by atoms with Gasteiger partial charge in [0.1, 0.15) is 12.1 Å². The largest absolute Gasteiger partial charge is 0.480 e. The Balaban J connectivity index is 2.79. The first kappa shape index (κ1) is 9.57. The number of nitrogens with two attached hydrogens (primary N) is 1. The maximum Gasteiger partial charge on any atom is 0.325 e. The van der Waals surface area contributed by atoms with Gasteiger partial charge in [-0.3, -0.25) is 9.79 Å². The number of carboxylic acids is 1. The molecule has 1 rings (SSSR count). The number of rotatable bonds is 2. The molecule has 0 bridgehead atoms.